The monoisotopic (exact) mass is 307 g/mol. The number of ether oxygens (including phenoxy) is 1. The number of rotatable bonds is 3. The van der Waals surface area contributed by atoms with Crippen molar-refractivity contribution in [1.29, 1.82) is 0 Å². The highest BCUT2D eigenvalue weighted by Gasteiger charge is 2.44. The van der Waals surface area contributed by atoms with Crippen LogP contribution in [0.5, 0.6) is 0 Å². The second-order valence-electron chi connectivity index (χ2n) is 6.62. The van der Waals surface area contributed by atoms with Crippen LogP contribution in [-0.4, -0.2) is 17.9 Å². The molecule has 2 aromatic rings. The lowest BCUT2D eigenvalue weighted by Gasteiger charge is -2.39. The molecule has 3 heteroatoms. The van der Waals surface area contributed by atoms with Crippen molar-refractivity contribution in [3.8, 4) is 11.1 Å². The molecule has 1 aliphatic carbocycles. The summed E-state index contributed by atoms with van der Waals surface area (Å²) in [6.45, 7) is 3.91. The molecule has 0 saturated carbocycles. The summed E-state index contributed by atoms with van der Waals surface area (Å²) < 4.78 is 5.91. The summed E-state index contributed by atoms with van der Waals surface area (Å²) >= 11 is 0. The number of aromatic nitrogens is 1. The second kappa shape index (κ2) is 5.74. The van der Waals surface area contributed by atoms with Gasteiger partial charge in [-0.2, -0.15) is 0 Å². The second-order valence-corrected chi connectivity index (χ2v) is 6.62. The Labute approximate surface area is 137 Å². The van der Waals surface area contributed by atoms with Gasteiger partial charge in [0, 0.05) is 24.3 Å². The van der Waals surface area contributed by atoms with E-state index in [2.05, 4.69) is 23.2 Å². The SMILES string of the molecule is COC1(c2ncccc2-c2ccccc2)C=CC(=O)C(C)(C)C1. The van der Waals surface area contributed by atoms with E-state index in [4.69, 9.17) is 4.74 Å². The van der Waals surface area contributed by atoms with Gasteiger partial charge >= 0.3 is 0 Å². The molecule has 1 aromatic heterocycles. The van der Waals surface area contributed by atoms with E-state index in [1.807, 2.05) is 44.2 Å². The van der Waals surface area contributed by atoms with Crippen molar-refractivity contribution in [3.05, 3.63) is 66.5 Å². The molecule has 0 amide bonds. The van der Waals surface area contributed by atoms with E-state index in [1.165, 1.54) is 0 Å². The van der Waals surface area contributed by atoms with Gasteiger partial charge in [-0.25, -0.2) is 0 Å². The summed E-state index contributed by atoms with van der Waals surface area (Å²) in [6.07, 6.45) is 5.84. The maximum Gasteiger partial charge on any atom is 0.161 e. The summed E-state index contributed by atoms with van der Waals surface area (Å²) in [6, 6.07) is 14.1. The van der Waals surface area contributed by atoms with Crippen LogP contribution in [0.2, 0.25) is 0 Å². The summed E-state index contributed by atoms with van der Waals surface area (Å²) in [4.78, 5) is 16.8. The van der Waals surface area contributed by atoms with Crippen molar-refractivity contribution in [2.24, 2.45) is 5.41 Å². The zero-order valence-electron chi connectivity index (χ0n) is 13.7. The van der Waals surface area contributed by atoms with Crippen LogP contribution >= 0.6 is 0 Å². The third-order valence-corrected chi connectivity index (χ3v) is 4.53. The smallest absolute Gasteiger partial charge is 0.161 e. The average Bonchev–Trinajstić information content (AvgIpc) is 2.58. The molecular weight excluding hydrogens is 286 g/mol. The average molecular weight is 307 g/mol. The largest absolute Gasteiger partial charge is 0.368 e. The van der Waals surface area contributed by atoms with Crippen LogP contribution in [0.1, 0.15) is 26.0 Å². The van der Waals surface area contributed by atoms with Crippen LogP contribution in [0.15, 0.2) is 60.8 Å². The lowest BCUT2D eigenvalue weighted by atomic mass is 9.70. The van der Waals surface area contributed by atoms with E-state index in [9.17, 15) is 4.79 Å². The fraction of sp³-hybridized carbons (Fsp3) is 0.300. The van der Waals surface area contributed by atoms with Crippen LogP contribution in [0.25, 0.3) is 11.1 Å². The van der Waals surface area contributed by atoms with Crippen LogP contribution in [0.3, 0.4) is 0 Å². The topological polar surface area (TPSA) is 39.2 Å². The fourth-order valence-electron chi connectivity index (χ4n) is 3.23. The molecule has 118 valence electrons. The molecule has 3 rings (SSSR count). The van der Waals surface area contributed by atoms with Crippen molar-refractivity contribution in [2.75, 3.05) is 7.11 Å². The number of allylic oxidation sites excluding steroid dienone is 1. The maximum atomic E-state index is 12.1. The van der Waals surface area contributed by atoms with Crippen LogP contribution < -0.4 is 0 Å². The van der Waals surface area contributed by atoms with E-state index >= 15 is 0 Å². The molecule has 0 fully saturated rings. The molecule has 0 radical (unpaired) electrons. The standard InChI is InChI=1S/C20H21NO2/c1-19(2)14-20(23-3,12-11-17(19)22)18-16(10-7-13-21-18)15-8-5-4-6-9-15/h4-13H,14H2,1-3H3. The quantitative estimate of drug-likeness (QED) is 0.855. The number of nitrogens with zero attached hydrogens (tertiary/aromatic N) is 1. The third-order valence-electron chi connectivity index (χ3n) is 4.53. The zero-order valence-corrected chi connectivity index (χ0v) is 13.7. The molecule has 1 heterocycles. The number of hydrogen-bond donors (Lipinski definition) is 0. The van der Waals surface area contributed by atoms with Gasteiger partial charge in [0.05, 0.1) is 5.69 Å². The first-order valence-corrected chi connectivity index (χ1v) is 7.78. The van der Waals surface area contributed by atoms with Crippen molar-refractivity contribution < 1.29 is 9.53 Å². The number of benzene rings is 1. The molecule has 3 nitrogen and oxygen atoms in total. The Morgan fingerprint density at radius 1 is 1.09 bits per heavy atom. The van der Waals surface area contributed by atoms with Crippen molar-refractivity contribution in [3.63, 3.8) is 0 Å². The van der Waals surface area contributed by atoms with E-state index in [0.29, 0.717) is 6.42 Å². The first kappa shape index (κ1) is 15.6. The minimum atomic E-state index is -0.691. The Kier molecular flexibility index (Phi) is 3.90. The lowest BCUT2D eigenvalue weighted by Crippen LogP contribution is -2.40. The van der Waals surface area contributed by atoms with Crippen molar-refractivity contribution >= 4 is 5.78 Å². The summed E-state index contributed by atoms with van der Waals surface area (Å²) in [5, 5.41) is 0. The minimum Gasteiger partial charge on any atom is -0.368 e. The van der Waals surface area contributed by atoms with Gasteiger partial charge in [0.1, 0.15) is 5.60 Å². The highest BCUT2D eigenvalue weighted by atomic mass is 16.5. The van der Waals surface area contributed by atoms with E-state index in [0.717, 1.165) is 16.8 Å². The maximum absolute atomic E-state index is 12.1. The van der Waals surface area contributed by atoms with Gasteiger partial charge < -0.3 is 4.74 Å². The fourth-order valence-corrected chi connectivity index (χ4v) is 3.23. The van der Waals surface area contributed by atoms with Crippen LogP contribution in [0.4, 0.5) is 0 Å². The Bertz CT molecular complexity index is 749. The summed E-state index contributed by atoms with van der Waals surface area (Å²) in [5.74, 6) is 0.127. The van der Waals surface area contributed by atoms with E-state index in [-0.39, 0.29) is 5.78 Å². The number of ketones is 1. The van der Waals surface area contributed by atoms with E-state index < -0.39 is 11.0 Å². The predicted octanol–water partition coefficient (Wildman–Crippen LogP) is 4.15. The Hall–Kier alpha value is -2.26. The highest BCUT2D eigenvalue weighted by molar-refractivity contribution is 5.95. The van der Waals surface area contributed by atoms with Crippen molar-refractivity contribution in [1.82, 2.24) is 4.98 Å². The molecule has 1 aliphatic rings. The van der Waals surface area contributed by atoms with Gasteiger partial charge in [-0.1, -0.05) is 50.2 Å². The molecule has 0 aliphatic heterocycles. The summed E-state index contributed by atoms with van der Waals surface area (Å²) in [5.41, 5.74) is 1.81. The Balaban J connectivity index is 2.18. The minimum absolute atomic E-state index is 0.127. The van der Waals surface area contributed by atoms with Gasteiger partial charge in [0.25, 0.3) is 0 Å². The first-order chi connectivity index (χ1) is 11.0. The van der Waals surface area contributed by atoms with Crippen LogP contribution in [-0.2, 0) is 15.1 Å². The molecule has 1 aromatic carbocycles. The lowest BCUT2D eigenvalue weighted by molar-refractivity contribution is -0.128. The van der Waals surface area contributed by atoms with Gasteiger partial charge in [-0.15, -0.1) is 0 Å². The number of hydrogen-bond acceptors (Lipinski definition) is 3. The number of carbonyl (C=O) groups is 1. The van der Waals surface area contributed by atoms with Gasteiger partial charge in [-0.05, 0) is 30.2 Å². The van der Waals surface area contributed by atoms with Crippen LogP contribution in [0, 0.1) is 5.41 Å². The molecule has 1 atom stereocenters. The predicted molar refractivity (Wildman–Crippen MR) is 90.9 cm³/mol. The molecule has 0 N–H and O–H groups in total. The third kappa shape index (κ3) is 2.73. The Morgan fingerprint density at radius 3 is 2.48 bits per heavy atom. The first-order valence-electron chi connectivity index (χ1n) is 7.78. The van der Waals surface area contributed by atoms with Gasteiger partial charge in [-0.3, -0.25) is 9.78 Å². The zero-order chi connectivity index (χ0) is 16.5. The molecule has 0 saturated heterocycles. The van der Waals surface area contributed by atoms with E-state index in [1.54, 1.807) is 19.4 Å². The van der Waals surface area contributed by atoms with Crippen molar-refractivity contribution in [2.45, 2.75) is 25.9 Å². The molecular formula is C20H21NO2. The number of carbonyl (C=O) groups excluding carboxylic acids is 1. The number of methoxy groups -OCH3 is 1. The van der Waals surface area contributed by atoms with Gasteiger partial charge in [0.15, 0.2) is 5.78 Å². The summed E-state index contributed by atoms with van der Waals surface area (Å²) in [7, 11) is 1.68. The highest BCUT2D eigenvalue weighted by Crippen LogP contribution is 2.45. The number of pyridine rings is 1. The molecule has 0 spiro atoms. The molecule has 1 unspecified atom stereocenters. The van der Waals surface area contributed by atoms with Gasteiger partial charge in [0.2, 0.25) is 0 Å². The molecule has 0 bridgehead atoms. The Morgan fingerprint density at radius 2 is 1.83 bits per heavy atom. The molecule has 23 heavy (non-hydrogen) atoms. The normalized spacial score (nSPS) is 23.0.